The summed E-state index contributed by atoms with van der Waals surface area (Å²) in [5.41, 5.74) is 5.00. The molecule has 6 nitrogen and oxygen atoms in total. The molecule has 0 fully saturated rings. The second kappa shape index (κ2) is 8.45. The lowest BCUT2D eigenvalue weighted by Gasteiger charge is -2.45. The van der Waals surface area contributed by atoms with Gasteiger partial charge in [-0.05, 0) is 30.2 Å². The van der Waals surface area contributed by atoms with Crippen LogP contribution in [0.2, 0.25) is 0 Å². The smallest absolute Gasteiger partial charge is 0.287 e. The Balaban J connectivity index is 1.63. The van der Waals surface area contributed by atoms with Crippen molar-refractivity contribution in [1.29, 1.82) is 0 Å². The third kappa shape index (κ3) is 3.80. The van der Waals surface area contributed by atoms with E-state index in [-0.39, 0.29) is 12.7 Å². The van der Waals surface area contributed by atoms with Gasteiger partial charge in [-0.2, -0.15) is 0 Å². The third-order valence-electron chi connectivity index (χ3n) is 6.77. The molecule has 0 bridgehead atoms. The number of para-hydroxylation sites is 1. The quantitative estimate of drug-likeness (QED) is 0.583. The number of hydrogen-bond acceptors (Lipinski definition) is 4. The van der Waals surface area contributed by atoms with Crippen LogP contribution in [0.1, 0.15) is 28.3 Å². The van der Waals surface area contributed by atoms with Gasteiger partial charge in [0.1, 0.15) is 6.54 Å². The normalized spacial score (nSPS) is 20.8. The average Bonchev–Trinajstić information content (AvgIpc) is 3.28. The summed E-state index contributed by atoms with van der Waals surface area (Å²) in [7, 11) is 3.78. The summed E-state index contributed by atoms with van der Waals surface area (Å²) in [6.07, 6.45) is 0.819. The Bertz CT molecular complexity index is 1190. The molecule has 0 spiro atoms. The van der Waals surface area contributed by atoms with Crippen molar-refractivity contribution in [2.75, 3.05) is 32.8 Å². The van der Waals surface area contributed by atoms with Crippen molar-refractivity contribution in [2.24, 2.45) is 0 Å². The summed E-state index contributed by atoms with van der Waals surface area (Å²) in [6, 6.07) is 19.7. The fraction of sp³-hybridized carbons (Fsp3) is 0.296. The molecule has 170 valence electrons. The molecular weight excluding hydrogens is 416 g/mol. The van der Waals surface area contributed by atoms with E-state index >= 15 is 0 Å². The molecule has 1 amide bonds. The number of nitrogens with one attached hydrogen (secondary N) is 1. The van der Waals surface area contributed by atoms with Crippen molar-refractivity contribution < 1.29 is 23.5 Å². The Morgan fingerprint density at radius 3 is 2.64 bits per heavy atom. The van der Waals surface area contributed by atoms with E-state index in [0.717, 1.165) is 41.9 Å². The van der Waals surface area contributed by atoms with Crippen molar-refractivity contribution in [3.63, 3.8) is 0 Å². The number of carbonyl (C=O) groups is 1. The highest BCUT2D eigenvalue weighted by molar-refractivity contribution is 5.96. The lowest BCUT2D eigenvalue weighted by atomic mass is 9.87. The average molecular weight is 446 g/mol. The molecule has 0 radical (unpaired) electrons. The molecule has 2 aliphatic heterocycles. The zero-order valence-corrected chi connectivity index (χ0v) is 19.3. The van der Waals surface area contributed by atoms with Crippen LogP contribution >= 0.6 is 0 Å². The molecule has 5 rings (SSSR count). The highest BCUT2D eigenvalue weighted by Crippen LogP contribution is 2.51. The Kier molecular flexibility index (Phi) is 5.46. The minimum absolute atomic E-state index is 0.0548. The van der Waals surface area contributed by atoms with Gasteiger partial charge >= 0.3 is 0 Å². The van der Waals surface area contributed by atoms with Gasteiger partial charge in [0, 0.05) is 17.7 Å². The van der Waals surface area contributed by atoms with Crippen LogP contribution in [-0.4, -0.2) is 37.9 Å². The van der Waals surface area contributed by atoms with Crippen LogP contribution in [0.25, 0.3) is 0 Å². The molecule has 0 saturated heterocycles. The van der Waals surface area contributed by atoms with Gasteiger partial charge in [-0.1, -0.05) is 48.5 Å². The van der Waals surface area contributed by atoms with Crippen molar-refractivity contribution in [2.45, 2.75) is 25.9 Å². The van der Waals surface area contributed by atoms with E-state index in [4.69, 9.17) is 14.2 Å². The number of methoxy groups -OCH3 is 1. The fourth-order valence-corrected chi connectivity index (χ4v) is 5.10. The lowest BCUT2D eigenvalue weighted by Crippen LogP contribution is -2.54. The summed E-state index contributed by atoms with van der Waals surface area (Å²) in [5, 5.41) is 3.20. The molecular formula is C27H29N2O4+. The molecule has 3 aromatic rings. The summed E-state index contributed by atoms with van der Waals surface area (Å²) >= 11 is 0. The maximum atomic E-state index is 14.0. The first-order valence-corrected chi connectivity index (χ1v) is 11.2. The number of carbonyl (C=O) groups excluding carboxylic acids is 1. The molecule has 2 atom stereocenters. The van der Waals surface area contributed by atoms with Crippen LogP contribution in [0.15, 0.2) is 60.7 Å². The van der Waals surface area contributed by atoms with Crippen LogP contribution in [0, 0.1) is 6.92 Å². The molecule has 2 aliphatic rings. The van der Waals surface area contributed by atoms with Crippen LogP contribution in [-0.2, 0) is 17.8 Å². The Morgan fingerprint density at radius 2 is 1.88 bits per heavy atom. The minimum Gasteiger partial charge on any atom is -0.492 e. The number of quaternary nitrogens is 1. The lowest BCUT2D eigenvalue weighted by molar-refractivity contribution is -0.944. The first-order valence-electron chi connectivity index (χ1n) is 11.2. The third-order valence-corrected chi connectivity index (χ3v) is 6.77. The van der Waals surface area contributed by atoms with E-state index in [0.29, 0.717) is 21.7 Å². The summed E-state index contributed by atoms with van der Waals surface area (Å²) in [5.74, 6) is 1.81. The highest BCUT2D eigenvalue weighted by atomic mass is 16.7. The van der Waals surface area contributed by atoms with Crippen molar-refractivity contribution in [3.8, 4) is 17.2 Å². The Hall–Kier alpha value is -3.51. The number of ether oxygens (including phenoxy) is 3. The Morgan fingerprint density at radius 1 is 1.12 bits per heavy atom. The predicted octanol–water partition coefficient (Wildman–Crippen LogP) is 4.62. The van der Waals surface area contributed by atoms with Gasteiger partial charge in [-0.3, -0.25) is 4.79 Å². The predicted molar refractivity (Wildman–Crippen MR) is 127 cm³/mol. The highest BCUT2D eigenvalue weighted by Gasteiger charge is 2.47. The van der Waals surface area contributed by atoms with E-state index in [1.54, 1.807) is 7.11 Å². The topological polar surface area (TPSA) is 56.8 Å². The monoisotopic (exact) mass is 445 g/mol. The zero-order valence-electron chi connectivity index (χ0n) is 19.3. The summed E-state index contributed by atoms with van der Waals surface area (Å²) in [4.78, 5) is 14.0. The number of likely N-dealkylation sites (N-methyl/N-ethyl adjacent to an activating group) is 1. The second-order valence-electron chi connectivity index (χ2n) is 9.02. The van der Waals surface area contributed by atoms with Crippen molar-refractivity contribution >= 4 is 11.6 Å². The van der Waals surface area contributed by atoms with Gasteiger partial charge in [0.05, 0.1) is 26.3 Å². The molecule has 6 heteroatoms. The van der Waals surface area contributed by atoms with Gasteiger partial charge in [0.2, 0.25) is 12.5 Å². The number of amides is 1. The van der Waals surface area contributed by atoms with Crippen molar-refractivity contribution in [1.82, 2.24) is 0 Å². The van der Waals surface area contributed by atoms with Gasteiger partial charge < -0.3 is 24.0 Å². The number of hydrogen-bond donors (Lipinski definition) is 1. The van der Waals surface area contributed by atoms with Crippen LogP contribution in [0.5, 0.6) is 17.2 Å². The number of nitrogens with zero attached hydrogens (tertiary/aromatic N) is 1. The maximum absolute atomic E-state index is 14.0. The van der Waals surface area contributed by atoms with Crippen LogP contribution in [0.3, 0.4) is 0 Å². The molecule has 1 N–H and O–H groups in total. The molecule has 33 heavy (non-hydrogen) atoms. The molecule has 0 aliphatic carbocycles. The summed E-state index contributed by atoms with van der Waals surface area (Å²) in [6.45, 7) is 3.70. The van der Waals surface area contributed by atoms with Gasteiger partial charge in [-0.15, -0.1) is 0 Å². The second-order valence-corrected chi connectivity index (χ2v) is 9.02. The van der Waals surface area contributed by atoms with Crippen LogP contribution < -0.4 is 19.5 Å². The molecule has 0 unspecified atom stereocenters. The van der Waals surface area contributed by atoms with Gasteiger partial charge in [0.25, 0.3) is 5.91 Å². The first kappa shape index (κ1) is 21.3. The van der Waals surface area contributed by atoms with Gasteiger partial charge in [-0.25, -0.2) is 0 Å². The van der Waals surface area contributed by atoms with Crippen molar-refractivity contribution in [3.05, 3.63) is 82.9 Å². The van der Waals surface area contributed by atoms with E-state index in [1.165, 1.54) is 5.56 Å². The SMILES string of the molecule is COc1c2c(cc3c1[C@H](C(=O)Nc1ccccc1C)[N@@+](C)(Cc1ccccc1)CC3)OCO2. The Labute approximate surface area is 194 Å². The number of rotatable bonds is 5. The number of anilines is 1. The van der Waals surface area contributed by atoms with Crippen LogP contribution in [0.4, 0.5) is 5.69 Å². The maximum Gasteiger partial charge on any atom is 0.287 e. The molecule has 2 heterocycles. The number of fused-ring (bicyclic) bond motifs is 2. The van der Waals surface area contributed by atoms with E-state index in [1.807, 2.05) is 55.5 Å². The molecule has 3 aromatic carbocycles. The fourth-order valence-electron chi connectivity index (χ4n) is 5.10. The summed E-state index contributed by atoms with van der Waals surface area (Å²) < 4.78 is 17.8. The van der Waals surface area contributed by atoms with E-state index < -0.39 is 6.04 Å². The molecule has 0 saturated carbocycles. The first-order chi connectivity index (χ1) is 16.0. The standard InChI is InChI=1S/C27H28N2O4/c1-18-9-7-8-12-21(18)28-27(30)24-23-20(15-22-25(26(23)31-3)33-17-32-22)13-14-29(24,2)16-19-10-5-4-6-11-19/h4-12,15,24H,13-14,16-17H2,1-3H3/p+1/t24-,29-/m1/s1. The minimum atomic E-state index is -0.474. The number of aryl methyl sites for hydroxylation is 1. The van der Waals surface area contributed by atoms with E-state index in [9.17, 15) is 4.79 Å². The zero-order chi connectivity index (χ0) is 23.0. The number of benzene rings is 3. The van der Waals surface area contributed by atoms with E-state index in [2.05, 4.69) is 24.5 Å². The van der Waals surface area contributed by atoms with Gasteiger partial charge in [0.15, 0.2) is 17.5 Å². The largest absolute Gasteiger partial charge is 0.492 e. The molecule has 0 aromatic heterocycles.